The van der Waals surface area contributed by atoms with E-state index in [1.54, 1.807) is 54.6 Å². The summed E-state index contributed by atoms with van der Waals surface area (Å²) < 4.78 is 33.9. The Morgan fingerprint density at radius 1 is 0.825 bits per heavy atom. The van der Waals surface area contributed by atoms with Crippen molar-refractivity contribution in [3.63, 3.8) is 0 Å². The van der Waals surface area contributed by atoms with E-state index in [-0.39, 0.29) is 23.7 Å². The predicted molar refractivity (Wildman–Crippen MR) is 152 cm³/mol. The van der Waals surface area contributed by atoms with Crippen LogP contribution in [0.2, 0.25) is 5.02 Å². The average Bonchev–Trinajstić information content (AvgIpc) is 3.42. The molecule has 0 atom stereocenters. The number of hydrazone groups is 1. The number of nitrogens with zero attached hydrogens (tertiary/aromatic N) is 2. The largest absolute Gasteiger partial charge is 0.459 e. The number of hydrogen-bond acceptors (Lipinski definition) is 6. The second-order valence-corrected chi connectivity index (χ2v) is 11.1. The van der Waals surface area contributed by atoms with Crippen LogP contribution in [0.5, 0.6) is 0 Å². The fourth-order valence-electron chi connectivity index (χ4n) is 3.73. The smallest absolute Gasteiger partial charge is 0.329 e. The van der Waals surface area contributed by atoms with Crippen molar-refractivity contribution in [2.75, 3.05) is 6.54 Å². The van der Waals surface area contributed by atoms with Crippen LogP contribution >= 0.6 is 11.6 Å². The topological polar surface area (TPSA) is 121 Å². The highest BCUT2D eigenvalue weighted by Gasteiger charge is 2.26. The molecule has 0 bridgehead atoms. The predicted octanol–water partition coefficient (Wildman–Crippen LogP) is 4.13. The van der Waals surface area contributed by atoms with Crippen molar-refractivity contribution in [3.8, 4) is 0 Å². The molecule has 0 aliphatic heterocycles. The Kier molecular flexibility index (Phi) is 9.85. The van der Waals surface area contributed by atoms with Crippen LogP contribution in [0.4, 0.5) is 0 Å². The van der Waals surface area contributed by atoms with Crippen LogP contribution in [0, 0.1) is 0 Å². The first-order valence-electron chi connectivity index (χ1n) is 12.3. The summed E-state index contributed by atoms with van der Waals surface area (Å²) in [4.78, 5) is 24.2. The van der Waals surface area contributed by atoms with Gasteiger partial charge in [-0.05, 0) is 53.9 Å². The number of amides is 2. The number of nitrogens with one attached hydrogen (secondary N) is 2. The molecule has 40 heavy (non-hydrogen) atoms. The van der Waals surface area contributed by atoms with Gasteiger partial charge in [0.05, 0.1) is 17.7 Å². The lowest BCUT2D eigenvalue weighted by atomic mass is 10.1. The fourth-order valence-corrected chi connectivity index (χ4v) is 5.28. The monoisotopic (exact) mass is 578 g/mol. The van der Waals surface area contributed by atoms with Gasteiger partial charge in [0.2, 0.25) is 10.0 Å². The Labute approximate surface area is 237 Å². The Hall–Kier alpha value is -4.25. The van der Waals surface area contributed by atoms with Gasteiger partial charge in [0.25, 0.3) is 0 Å². The average molecular weight is 579 g/mol. The summed E-state index contributed by atoms with van der Waals surface area (Å²) in [6, 6.07) is 27.8. The van der Waals surface area contributed by atoms with Crippen LogP contribution in [0.3, 0.4) is 0 Å². The van der Waals surface area contributed by atoms with Gasteiger partial charge in [0.1, 0.15) is 11.5 Å². The third-order valence-electron chi connectivity index (χ3n) is 5.77. The quantitative estimate of drug-likeness (QED) is 0.157. The van der Waals surface area contributed by atoms with Crippen molar-refractivity contribution in [2.45, 2.75) is 24.4 Å². The molecule has 1 heterocycles. The zero-order valence-corrected chi connectivity index (χ0v) is 22.9. The molecule has 2 amide bonds. The van der Waals surface area contributed by atoms with Crippen molar-refractivity contribution < 1.29 is 22.4 Å². The number of rotatable bonds is 11. The summed E-state index contributed by atoms with van der Waals surface area (Å²) in [5.41, 5.74) is 3.95. The first-order valence-corrected chi connectivity index (χ1v) is 14.2. The Morgan fingerprint density at radius 3 is 2.20 bits per heavy atom. The lowest BCUT2D eigenvalue weighted by molar-refractivity contribution is -0.139. The van der Waals surface area contributed by atoms with Gasteiger partial charge >= 0.3 is 11.8 Å². The first-order chi connectivity index (χ1) is 19.3. The molecule has 0 spiro atoms. The zero-order valence-electron chi connectivity index (χ0n) is 21.4. The van der Waals surface area contributed by atoms with E-state index >= 15 is 0 Å². The molecule has 9 nitrogen and oxygen atoms in total. The van der Waals surface area contributed by atoms with E-state index in [9.17, 15) is 18.0 Å². The van der Waals surface area contributed by atoms with Gasteiger partial charge in [-0.3, -0.25) is 9.59 Å². The van der Waals surface area contributed by atoms with Crippen molar-refractivity contribution in [3.05, 3.63) is 125 Å². The zero-order chi connectivity index (χ0) is 28.4. The molecule has 0 unspecified atom stereocenters. The molecule has 0 radical (unpaired) electrons. The van der Waals surface area contributed by atoms with Crippen molar-refractivity contribution >= 4 is 39.7 Å². The Bertz CT molecular complexity index is 1560. The number of carbonyl (C=O) groups is 2. The van der Waals surface area contributed by atoms with Crippen LogP contribution < -0.4 is 10.7 Å². The molecule has 0 saturated heterocycles. The second kappa shape index (κ2) is 13.7. The molecule has 4 aromatic rings. The minimum Gasteiger partial charge on any atom is -0.459 e. The van der Waals surface area contributed by atoms with Gasteiger partial charge in [0, 0.05) is 18.1 Å². The molecular weight excluding hydrogens is 552 g/mol. The van der Waals surface area contributed by atoms with Gasteiger partial charge in [0.15, 0.2) is 0 Å². The third-order valence-corrected chi connectivity index (χ3v) is 7.83. The van der Waals surface area contributed by atoms with E-state index in [1.807, 2.05) is 30.3 Å². The number of carbonyl (C=O) groups excluding carboxylic acids is 2. The minimum atomic E-state index is -3.86. The van der Waals surface area contributed by atoms with E-state index < -0.39 is 21.8 Å². The molecule has 0 fully saturated rings. The van der Waals surface area contributed by atoms with Gasteiger partial charge < -0.3 is 9.73 Å². The molecule has 0 saturated carbocycles. The maximum absolute atomic E-state index is 13.4. The number of hydrogen-bond donors (Lipinski definition) is 2. The van der Waals surface area contributed by atoms with Gasteiger partial charge in [-0.15, -0.1) is 0 Å². The molecule has 11 heteroatoms. The van der Waals surface area contributed by atoms with E-state index in [0.717, 1.165) is 11.1 Å². The van der Waals surface area contributed by atoms with Crippen molar-refractivity contribution in [1.29, 1.82) is 0 Å². The number of furan rings is 1. The van der Waals surface area contributed by atoms with Gasteiger partial charge in [-0.25, -0.2) is 13.8 Å². The molecule has 0 aliphatic rings. The SMILES string of the molecule is O=C(NCCc1ccccc1)C(=O)N/N=C/c1ccc(CN(Cc2ccc(Cl)cc2)S(=O)(=O)c2ccccc2)o1. The highest BCUT2D eigenvalue weighted by atomic mass is 35.5. The van der Waals surface area contributed by atoms with Crippen LogP contribution in [-0.4, -0.2) is 37.3 Å². The first kappa shape index (κ1) is 28.8. The molecule has 0 aliphatic carbocycles. The molecular formula is C29H27ClN4O5S. The highest BCUT2D eigenvalue weighted by molar-refractivity contribution is 7.89. The molecule has 4 rings (SSSR count). The van der Waals surface area contributed by atoms with Gasteiger partial charge in [-0.1, -0.05) is 72.3 Å². The fraction of sp³-hybridized carbons (Fsp3) is 0.138. The van der Waals surface area contributed by atoms with Crippen LogP contribution in [-0.2, 0) is 39.1 Å². The summed E-state index contributed by atoms with van der Waals surface area (Å²) in [5.74, 6) is -1.10. The third kappa shape index (κ3) is 8.12. The summed E-state index contributed by atoms with van der Waals surface area (Å²) in [7, 11) is -3.86. The van der Waals surface area contributed by atoms with E-state index in [2.05, 4.69) is 15.8 Å². The summed E-state index contributed by atoms with van der Waals surface area (Å²) in [6.45, 7) is 0.345. The second-order valence-electron chi connectivity index (χ2n) is 8.71. The highest BCUT2D eigenvalue weighted by Crippen LogP contribution is 2.22. The summed E-state index contributed by atoms with van der Waals surface area (Å²) in [6.07, 6.45) is 1.82. The van der Waals surface area contributed by atoms with Crippen LogP contribution in [0.1, 0.15) is 22.6 Å². The maximum atomic E-state index is 13.4. The standard InChI is InChI=1S/C29H27ClN4O5S/c30-24-13-11-23(12-14-24)20-34(40(37,38)27-9-5-2-6-10-27)21-26-16-15-25(39-26)19-32-33-29(36)28(35)31-18-17-22-7-3-1-4-8-22/h1-16,19H,17-18,20-21H2,(H,31,35)(H,33,36)/b32-19+. The summed E-state index contributed by atoms with van der Waals surface area (Å²) >= 11 is 5.98. The number of benzene rings is 3. The number of halogens is 1. The molecule has 2 N–H and O–H groups in total. The van der Waals surface area contributed by atoms with E-state index in [1.165, 1.54) is 22.7 Å². The summed E-state index contributed by atoms with van der Waals surface area (Å²) in [5, 5.41) is 6.86. The number of sulfonamides is 1. The normalized spacial score (nSPS) is 11.6. The Balaban J connectivity index is 1.36. The lowest BCUT2D eigenvalue weighted by Gasteiger charge is -2.21. The van der Waals surface area contributed by atoms with Gasteiger partial charge in [-0.2, -0.15) is 9.41 Å². The van der Waals surface area contributed by atoms with Crippen molar-refractivity contribution in [1.82, 2.24) is 15.0 Å². The van der Waals surface area contributed by atoms with Crippen LogP contribution in [0.25, 0.3) is 0 Å². The van der Waals surface area contributed by atoms with E-state index in [4.69, 9.17) is 16.0 Å². The van der Waals surface area contributed by atoms with Crippen molar-refractivity contribution in [2.24, 2.45) is 5.10 Å². The molecule has 206 valence electrons. The Morgan fingerprint density at radius 2 is 1.50 bits per heavy atom. The minimum absolute atomic E-state index is 0.0517. The molecule has 3 aromatic carbocycles. The molecule has 1 aromatic heterocycles. The lowest BCUT2D eigenvalue weighted by Crippen LogP contribution is -2.38. The van der Waals surface area contributed by atoms with Crippen LogP contribution in [0.15, 0.2) is 111 Å². The maximum Gasteiger partial charge on any atom is 0.329 e. The van der Waals surface area contributed by atoms with E-state index in [0.29, 0.717) is 23.7 Å².